The van der Waals surface area contributed by atoms with Gasteiger partial charge in [-0.15, -0.1) is 0 Å². The number of benzene rings is 1. The number of hydrogen-bond donors (Lipinski definition) is 3. The molecule has 2 aliphatic heterocycles. The molecule has 29 heavy (non-hydrogen) atoms. The largest absolute Gasteiger partial charge is 0.371 e. The Hall–Kier alpha value is -2.25. The number of carbonyl (C=O) groups excluding carboxylic acids is 3. The van der Waals surface area contributed by atoms with Crippen molar-refractivity contribution in [1.29, 1.82) is 0 Å². The van der Waals surface area contributed by atoms with Crippen LogP contribution in [0, 0.1) is 5.92 Å². The standard InChI is InChI=1S/C22H29N3O4/c26-19-9-8-18(20(27)22(29)23-11-14-4-2-1-3-5-14)25(19)13-15-6-7-17-16(10-15)12-24-21(17)28/h6-7,10,14,18,22-23,29H,1-5,8-9,11-13H2,(H,24,28). The van der Waals surface area contributed by atoms with Crippen LogP contribution >= 0.6 is 0 Å². The Bertz CT molecular complexity index is 803. The first-order valence-electron chi connectivity index (χ1n) is 10.7. The van der Waals surface area contributed by atoms with Crippen LogP contribution in [0.1, 0.15) is 66.4 Å². The van der Waals surface area contributed by atoms with Crippen molar-refractivity contribution in [1.82, 2.24) is 15.5 Å². The van der Waals surface area contributed by atoms with E-state index in [0.29, 0.717) is 44.0 Å². The number of nitrogens with zero attached hydrogens (tertiary/aromatic N) is 1. The number of rotatable bonds is 7. The van der Waals surface area contributed by atoms with Gasteiger partial charge >= 0.3 is 0 Å². The van der Waals surface area contributed by atoms with Gasteiger partial charge in [-0.25, -0.2) is 0 Å². The second-order valence-corrected chi connectivity index (χ2v) is 8.47. The van der Waals surface area contributed by atoms with Gasteiger partial charge in [-0.05, 0) is 42.4 Å². The van der Waals surface area contributed by atoms with Gasteiger partial charge in [-0.2, -0.15) is 0 Å². The molecule has 2 atom stereocenters. The topological polar surface area (TPSA) is 98.7 Å². The van der Waals surface area contributed by atoms with Crippen LogP contribution in [-0.2, 0) is 22.7 Å². The van der Waals surface area contributed by atoms with E-state index in [-0.39, 0.29) is 17.6 Å². The molecule has 2 unspecified atom stereocenters. The summed E-state index contributed by atoms with van der Waals surface area (Å²) in [7, 11) is 0. The van der Waals surface area contributed by atoms with Gasteiger partial charge in [0.2, 0.25) is 5.91 Å². The van der Waals surface area contributed by atoms with Crippen molar-refractivity contribution in [3.8, 4) is 0 Å². The maximum atomic E-state index is 12.8. The second kappa shape index (κ2) is 8.63. The summed E-state index contributed by atoms with van der Waals surface area (Å²) in [5.41, 5.74) is 2.46. The highest BCUT2D eigenvalue weighted by Gasteiger charge is 2.38. The molecule has 0 bridgehead atoms. The molecular formula is C22H29N3O4. The molecule has 4 rings (SSSR count). The lowest BCUT2D eigenvalue weighted by Crippen LogP contribution is -2.49. The zero-order valence-corrected chi connectivity index (χ0v) is 16.7. The van der Waals surface area contributed by atoms with Crippen molar-refractivity contribution in [2.45, 2.75) is 70.3 Å². The molecule has 2 heterocycles. The van der Waals surface area contributed by atoms with Crippen molar-refractivity contribution < 1.29 is 19.5 Å². The first-order chi connectivity index (χ1) is 14.0. The molecule has 0 spiro atoms. The number of aliphatic hydroxyl groups is 1. The number of carbonyl (C=O) groups is 3. The molecule has 1 aliphatic carbocycles. The Kier molecular flexibility index (Phi) is 5.96. The lowest BCUT2D eigenvalue weighted by atomic mass is 9.89. The monoisotopic (exact) mass is 399 g/mol. The second-order valence-electron chi connectivity index (χ2n) is 8.47. The molecule has 2 fully saturated rings. The number of amides is 2. The van der Waals surface area contributed by atoms with Gasteiger partial charge < -0.3 is 15.3 Å². The van der Waals surface area contributed by atoms with Gasteiger partial charge in [0, 0.05) is 31.6 Å². The number of nitrogens with one attached hydrogen (secondary N) is 2. The molecule has 1 aromatic carbocycles. The molecule has 1 saturated carbocycles. The first-order valence-corrected chi connectivity index (χ1v) is 10.7. The van der Waals surface area contributed by atoms with Crippen LogP contribution < -0.4 is 10.6 Å². The number of aliphatic hydroxyl groups excluding tert-OH is 1. The molecule has 7 nitrogen and oxygen atoms in total. The molecule has 2 amide bonds. The number of Topliss-reactive ketones (excluding diaryl/α,β-unsaturated/α-hetero) is 1. The van der Waals surface area contributed by atoms with E-state index in [9.17, 15) is 19.5 Å². The quantitative estimate of drug-likeness (QED) is 0.603. The van der Waals surface area contributed by atoms with Crippen LogP contribution in [0.5, 0.6) is 0 Å². The fourth-order valence-electron chi connectivity index (χ4n) is 4.76. The van der Waals surface area contributed by atoms with E-state index in [1.165, 1.54) is 19.3 Å². The molecule has 7 heteroatoms. The zero-order chi connectivity index (χ0) is 20.4. The lowest BCUT2D eigenvalue weighted by Gasteiger charge is -2.27. The van der Waals surface area contributed by atoms with Crippen molar-refractivity contribution in [2.24, 2.45) is 5.92 Å². The normalized spacial score (nSPS) is 23.2. The highest BCUT2D eigenvalue weighted by atomic mass is 16.3. The molecule has 156 valence electrons. The Labute approximate surface area is 170 Å². The Morgan fingerprint density at radius 1 is 1.21 bits per heavy atom. The summed E-state index contributed by atoms with van der Waals surface area (Å²) in [5.74, 6) is 0.0291. The average Bonchev–Trinajstić information content (AvgIpc) is 3.29. The predicted molar refractivity (Wildman–Crippen MR) is 107 cm³/mol. The van der Waals surface area contributed by atoms with Gasteiger partial charge in [-0.1, -0.05) is 31.4 Å². The third-order valence-corrected chi connectivity index (χ3v) is 6.46. The van der Waals surface area contributed by atoms with Crippen LogP contribution in [-0.4, -0.2) is 46.4 Å². The molecule has 0 radical (unpaired) electrons. The van der Waals surface area contributed by atoms with Gasteiger partial charge in [0.25, 0.3) is 5.91 Å². The molecule has 0 aromatic heterocycles. The van der Waals surface area contributed by atoms with Crippen LogP contribution in [0.15, 0.2) is 18.2 Å². The minimum Gasteiger partial charge on any atom is -0.371 e. The van der Waals surface area contributed by atoms with E-state index in [2.05, 4.69) is 10.6 Å². The summed E-state index contributed by atoms with van der Waals surface area (Å²) in [6, 6.07) is 4.90. The van der Waals surface area contributed by atoms with E-state index < -0.39 is 12.3 Å². The summed E-state index contributed by atoms with van der Waals surface area (Å²) in [6.07, 6.45) is 5.48. The fraction of sp³-hybridized carbons (Fsp3) is 0.591. The van der Waals surface area contributed by atoms with E-state index in [1.807, 2.05) is 12.1 Å². The highest BCUT2D eigenvalue weighted by Crippen LogP contribution is 2.26. The van der Waals surface area contributed by atoms with Crippen LogP contribution in [0.3, 0.4) is 0 Å². The lowest BCUT2D eigenvalue weighted by molar-refractivity contribution is -0.139. The highest BCUT2D eigenvalue weighted by molar-refractivity contribution is 5.98. The zero-order valence-electron chi connectivity index (χ0n) is 16.7. The smallest absolute Gasteiger partial charge is 0.251 e. The number of ketones is 1. The molecule has 3 aliphatic rings. The minimum atomic E-state index is -1.24. The summed E-state index contributed by atoms with van der Waals surface area (Å²) < 4.78 is 0. The van der Waals surface area contributed by atoms with Crippen molar-refractivity contribution in [3.05, 3.63) is 34.9 Å². The SMILES string of the molecule is O=C1NCc2cc(CN3C(=O)CCC3C(=O)C(O)NCC3CCCCC3)ccc21. The fourth-order valence-corrected chi connectivity index (χ4v) is 4.76. The average molecular weight is 399 g/mol. The van der Waals surface area contributed by atoms with Crippen molar-refractivity contribution in [2.75, 3.05) is 6.54 Å². The first kappa shape index (κ1) is 20.0. The van der Waals surface area contributed by atoms with Crippen LogP contribution in [0.2, 0.25) is 0 Å². The van der Waals surface area contributed by atoms with E-state index in [0.717, 1.165) is 24.0 Å². The number of fused-ring (bicyclic) bond motifs is 1. The molecule has 3 N–H and O–H groups in total. The van der Waals surface area contributed by atoms with Crippen LogP contribution in [0.4, 0.5) is 0 Å². The van der Waals surface area contributed by atoms with E-state index >= 15 is 0 Å². The van der Waals surface area contributed by atoms with Crippen molar-refractivity contribution in [3.63, 3.8) is 0 Å². The third-order valence-electron chi connectivity index (χ3n) is 6.46. The summed E-state index contributed by atoms with van der Waals surface area (Å²) in [6.45, 7) is 1.44. The summed E-state index contributed by atoms with van der Waals surface area (Å²) >= 11 is 0. The Morgan fingerprint density at radius 2 is 2.00 bits per heavy atom. The molecule has 1 aromatic rings. The predicted octanol–water partition coefficient (Wildman–Crippen LogP) is 1.48. The van der Waals surface area contributed by atoms with Gasteiger partial charge in [0.15, 0.2) is 12.0 Å². The van der Waals surface area contributed by atoms with E-state index in [4.69, 9.17) is 0 Å². The number of likely N-dealkylation sites (tertiary alicyclic amines) is 1. The maximum Gasteiger partial charge on any atom is 0.251 e. The van der Waals surface area contributed by atoms with Crippen molar-refractivity contribution >= 4 is 17.6 Å². The van der Waals surface area contributed by atoms with Crippen LogP contribution in [0.25, 0.3) is 0 Å². The Morgan fingerprint density at radius 3 is 2.79 bits per heavy atom. The van der Waals surface area contributed by atoms with E-state index in [1.54, 1.807) is 11.0 Å². The molecular weight excluding hydrogens is 370 g/mol. The summed E-state index contributed by atoms with van der Waals surface area (Å²) in [4.78, 5) is 38.5. The van der Waals surface area contributed by atoms with Gasteiger partial charge in [-0.3, -0.25) is 19.7 Å². The number of hydrogen-bond acceptors (Lipinski definition) is 5. The van der Waals surface area contributed by atoms with Gasteiger partial charge in [0.1, 0.15) is 0 Å². The maximum absolute atomic E-state index is 12.8. The Balaban J connectivity index is 1.38. The van der Waals surface area contributed by atoms with Gasteiger partial charge in [0.05, 0.1) is 6.04 Å². The summed E-state index contributed by atoms with van der Waals surface area (Å²) in [5, 5.41) is 16.2. The minimum absolute atomic E-state index is 0.0717. The third kappa shape index (κ3) is 4.36. The molecule has 1 saturated heterocycles.